The molecule has 3 heteroatoms. The molecular weight excluding hydrogens is 177 g/mol. The minimum absolute atomic E-state index is 0.479. The molecule has 70 valence electrons. The standard InChI is InChI=1S/C10H9F3/c11-10(12,13)9-3-1-2-8(6-9)7-4-5-7/h1-3,6-7H,4-5H2/i7D. The van der Waals surface area contributed by atoms with Crippen molar-refractivity contribution >= 4 is 0 Å². The zero-order valence-electron chi connectivity index (χ0n) is 7.86. The molecule has 1 fully saturated rings. The van der Waals surface area contributed by atoms with Crippen LogP contribution >= 0.6 is 0 Å². The average Bonchev–Trinajstić information content (AvgIpc) is 2.84. The van der Waals surface area contributed by atoms with Gasteiger partial charge in [-0.05, 0) is 30.4 Å². The fourth-order valence-corrected chi connectivity index (χ4v) is 1.27. The van der Waals surface area contributed by atoms with E-state index in [4.69, 9.17) is 1.37 Å². The second-order valence-corrected chi connectivity index (χ2v) is 3.18. The lowest BCUT2D eigenvalue weighted by Gasteiger charge is -2.07. The van der Waals surface area contributed by atoms with E-state index in [1.54, 1.807) is 6.07 Å². The van der Waals surface area contributed by atoms with E-state index in [9.17, 15) is 13.2 Å². The molecule has 0 radical (unpaired) electrons. The smallest absolute Gasteiger partial charge is 0.166 e. The van der Waals surface area contributed by atoms with E-state index < -0.39 is 17.6 Å². The molecular formula is C10H9F3. The van der Waals surface area contributed by atoms with Crippen molar-refractivity contribution in [1.82, 2.24) is 0 Å². The molecule has 0 heterocycles. The van der Waals surface area contributed by atoms with Crippen LogP contribution in [0.5, 0.6) is 0 Å². The van der Waals surface area contributed by atoms with Gasteiger partial charge in [-0.25, -0.2) is 0 Å². The van der Waals surface area contributed by atoms with Gasteiger partial charge >= 0.3 is 6.18 Å². The summed E-state index contributed by atoms with van der Waals surface area (Å²) in [4.78, 5) is 0. The topological polar surface area (TPSA) is 0 Å². The minimum atomic E-state index is -4.30. The van der Waals surface area contributed by atoms with Gasteiger partial charge in [0.2, 0.25) is 0 Å². The van der Waals surface area contributed by atoms with Crippen LogP contribution in [0.15, 0.2) is 24.3 Å². The second-order valence-electron chi connectivity index (χ2n) is 3.18. The summed E-state index contributed by atoms with van der Waals surface area (Å²) < 4.78 is 44.7. The van der Waals surface area contributed by atoms with Gasteiger partial charge < -0.3 is 0 Å². The molecule has 1 aliphatic carbocycles. The number of rotatable bonds is 1. The fraction of sp³-hybridized carbons (Fsp3) is 0.400. The van der Waals surface area contributed by atoms with Crippen molar-refractivity contribution in [1.29, 1.82) is 0 Å². The van der Waals surface area contributed by atoms with Crippen molar-refractivity contribution in [2.75, 3.05) is 0 Å². The van der Waals surface area contributed by atoms with Crippen molar-refractivity contribution < 1.29 is 14.5 Å². The van der Waals surface area contributed by atoms with Crippen LogP contribution in [0.3, 0.4) is 0 Å². The Hall–Kier alpha value is -0.990. The average molecular weight is 187 g/mol. The van der Waals surface area contributed by atoms with Gasteiger partial charge in [-0.2, -0.15) is 13.2 Å². The van der Waals surface area contributed by atoms with E-state index in [2.05, 4.69) is 0 Å². The number of halogens is 3. The largest absolute Gasteiger partial charge is 0.416 e. The third-order valence-corrected chi connectivity index (χ3v) is 2.10. The van der Waals surface area contributed by atoms with Crippen molar-refractivity contribution in [2.24, 2.45) is 0 Å². The minimum Gasteiger partial charge on any atom is -0.166 e. The van der Waals surface area contributed by atoms with Crippen molar-refractivity contribution in [3.05, 3.63) is 35.4 Å². The molecule has 13 heavy (non-hydrogen) atoms. The van der Waals surface area contributed by atoms with E-state index in [-0.39, 0.29) is 0 Å². The Bertz CT molecular complexity index is 332. The highest BCUT2D eigenvalue weighted by atomic mass is 19.4. The maximum atomic E-state index is 12.3. The Morgan fingerprint density at radius 3 is 2.54 bits per heavy atom. The molecule has 0 amide bonds. The van der Waals surface area contributed by atoms with E-state index in [1.807, 2.05) is 0 Å². The predicted molar refractivity (Wildman–Crippen MR) is 43.4 cm³/mol. The van der Waals surface area contributed by atoms with Gasteiger partial charge in [-0.3, -0.25) is 0 Å². The maximum absolute atomic E-state index is 12.3. The summed E-state index contributed by atoms with van der Waals surface area (Å²) in [5.41, 5.74) is -0.180. The first-order valence-corrected chi connectivity index (χ1v) is 4.10. The zero-order valence-corrected chi connectivity index (χ0v) is 6.86. The van der Waals surface area contributed by atoms with Crippen molar-refractivity contribution in [2.45, 2.75) is 24.9 Å². The maximum Gasteiger partial charge on any atom is 0.416 e. The van der Waals surface area contributed by atoms with Crippen molar-refractivity contribution in [3.63, 3.8) is 0 Å². The Balaban J connectivity index is 2.37. The number of hydrogen-bond acceptors (Lipinski definition) is 0. The molecule has 0 spiro atoms. The monoisotopic (exact) mass is 187 g/mol. The molecule has 1 aromatic rings. The second kappa shape index (κ2) is 2.76. The number of alkyl halides is 3. The van der Waals surface area contributed by atoms with Crippen LogP contribution in [-0.2, 0) is 6.18 Å². The SMILES string of the molecule is [2H]C1(c2cccc(C(F)(F)F)c2)CC1. The van der Waals surface area contributed by atoms with Crippen LogP contribution in [0.1, 0.15) is 31.2 Å². The van der Waals surface area contributed by atoms with E-state index in [0.29, 0.717) is 18.4 Å². The summed E-state index contributed by atoms with van der Waals surface area (Å²) in [6.07, 6.45) is -2.98. The van der Waals surface area contributed by atoms with Gasteiger partial charge in [0.1, 0.15) is 0 Å². The lowest BCUT2D eigenvalue weighted by molar-refractivity contribution is -0.137. The molecule has 0 nitrogen and oxygen atoms in total. The molecule has 0 aromatic heterocycles. The highest BCUT2D eigenvalue weighted by Gasteiger charge is 2.32. The number of benzene rings is 1. The Morgan fingerprint density at radius 1 is 1.31 bits per heavy atom. The molecule has 0 N–H and O–H groups in total. The first-order chi connectivity index (χ1) is 6.42. The van der Waals surface area contributed by atoms with Crippen molar-refractivity contribution in [3.8, 4) is 0 Å². The van der Waals surface area contributed by atoms with Gasteiger partial charge in [0.15, 0.2) is 0 Å². The van der Waals surface area contributed by atoms with Gasteiger partial charge in [-0.1, -0.05) is 18.2 Å². The molecule has 0 aliphatic heterocycles. The zero-order chi connectivity index (χ0) is 10.4. The summed E-state index contributed by atoms with van der Waals surface area (Å²) in [5.74, 6) is -0.749. The van der Waals surface area contributed by atoms with E-state index in [1.165, 1.54) is 6.07 Å². The van der Waals surface area contributed by atoms with Crippen LogP contribution < -0.4 is 0 Å². The summed E-state index contributed by atoms with van der Waals surface area (Å²) in [5, 5.41) is 0. The Kier molecular flexibility index (Phi) is 1.57. The van der Waals surface area contributed by atoms with E-state index >= 15 is 0 Å². The lowest BCUT2D eigenvalue weighted by atomic mass is 10.1. The Morgan fingerprint density at radius 2 is 2.00 bits per heavy atom. The van der Waals surface area contributed by atoms with Crippen LogP contribution in [-0.4, -0.2) is 0 Å². The summed E-state index contributed by atoms with van der Waals surface area (Å²) in [6, 6.07) is 5.08. The predicted octanol–water partition coefficient (Wildman–Crippen LogP) is 3.58. The van der Waals surface area contributed by atoms with Crippen LogP contribution in [0, 0.1) is 0 Å². The molecule has 0 unspecified atom stereocenters. The van der Waals surface area contributed by atoms with Crippen LogP contribution in [0.2, 0.25) is 0 Å². The normalized spacial score (nSPS) is 21.0. The first-order valence-electron chi connectivity index (χ1n) is 4.60. The Labute approximate surface area is 75.8 Å². The molecule has 0 atom stereocenters. The van der Waals surface area contributed by atoms with Crippen LogP contribution in [0.4, 0.5) is 13.2 Å². The van der Waals surface area contributed by atoms with Gasteiger partial charge in [-0.15, -0.1) is 0 Å². The van der Waals surface area contributed by atoms with Gasteiger partial charge in [0, 0.05) is 1.37 Å². The highest BCUT2D eigenvalue weighted by molar-refractivity contribution is 5.30. The van der Waals surface area contributed by atoms with Gasteiger partial charge in [0.05, 0.1) is 5.56 Å². The van der Waals surface area contributed by atoms with Gasteiger partial charge in [0.25, 0.3) is 0 Å². The third-order valence-electron chi connectivity index (χ3n) is 2.10. The third kappa shape index (κ3) is 1.85. The summed E-state index contributed by atoms with van der Waals surface area (Å²) in [6.45, 7) is 0. The highest BCUT2D eigenvalue weighted by Crippen LogP contribution is 2.41. The quantitative estimate of drug-likeness (QED) is 0.630. The molecule has 1 saturated carbocycles. The summed E-state index contributed by atoms with van der Waals surface area (Å²) >= 11 is 0. The first kappa shape index (κ1) is 7.42. The summed E-state index contributed by atoms with van der Waals surface area (Å²) in [7, 11) is 0. The molecule has 1 aliphatic rings. The fourth-order valence-electron chi connectivity index (χ4n) is 1.27. The molecule has 2 rings (SSSR count). The van der Waals surface area contributed by atoms with Crippen LogP contribution in [0.25, 0.3) is 0 Å². The molecule has 1 aromatic carbocycles. The molecule has 0 saturated heterocycles. The lowest BCUT2D eigenvalue weighted by Crippen LogP contribution is -2.04. The molecule has 0 bridgehead atoms. The van der Waals surface area contributed by atoms with E-state index in [0.717, 1.165) is 12.1 Å². The number of hydrogen-bond donors (Lipinski definition) is 0.